The molecule has 6 nitrogen and oxygen atoms in total. The van der Waals surface area contributed by atoms with E-state index < -0.39 is 17.6 Å². The Morgan fingerprint density at radius 1 is 0.688 bits per heavy atom. The van der Waals surface area contributed by atoms with E-state index in [1.807, 2.05) is 12.1 Å². The second-order valence-electron chi connectivity index (χ2n) is 8.25. The molecule has 0 saturated heterocycles. The minimum absolute atomic E-state index is 0.000137. The highest BCUT2D eigenvalue weighted by Crippen LogP contribution is 2.22. The molecule has 0 aliphatic rings. The maximum Gasteiger partial charge on any atom is 0.272 e. The third kappa shape index (κ3) is 5.57. The zero-order valence-corrected chi connectivity index (χ0v) is 18.0. The lowest BCUT2D eigenvalue weighted by Gasteiger charge is -2.19. The molecule has 3 aromatic carbocycles. The standard InChI is InChI=1S/C25H24FN3O3/c1-25(2,3)18-12-8-16(9-13-18)22(30)27-19-14-10-17(11-15-19)23(31)28-29-24(32)20-6-4-5-7-21(20)26/h4-15H,1-3H3,(H,27,30)(H,28,31)(H,29,32). The third-order valence-electron chi connectivity index (χ3n) is 4.83. The summed E-state index contributed by atoms with van der Waals surface area (Å²) in [6.45, 7) is 6.31. The summed E-state index contributed by atoms with van der Waals surface area (Å²) in [5, 5.41) is 2.78. The number of halogens is 1. The molecule has 32 heavy (non-hydrogen) atoms. The van der Waals surface area contributed by atoms with E-state index in [4.69, 9.17) is 0 Å². The van der Waals surface area contributed by atoms with Gasteiger partial charge in [0.15, 0.2) is 0 Å². The lowest BCUT2D eigenvalue weighted by Crippen LogP contribution is -2.41. The van der Waals surface area contributed by atoms with Crippen LogP contribution in [0.15, 0.2) is 72.8 Å². The van der Waals surface area contributed by atoms with Crippen LogP contribution in [0.4, 0.5) is 10.1 Å². The minimum Gasteiger partial charge on any atom is -0.322 e. The van der Waals surface area contributed by atoms with Crippen LogP contribution in [0, 0.1) is 5.82 Å². The van der Waals surface area contributed by atoms with Gasteiger partial charge < -0.3 is 5.32 Å². The van der Waals surface area contributed by atoms with Gasteiger partial charge in [-0.1, -0.05) is 45.0 Å². The summed E-state index contributed by atoms with van der Waals surface area (Å²) >= 11 is 0. The lowest BCUT2D eigenvalue weighted by molar-refractivity contribution is 0.0844. The van der Waals surface area contributed by atoms with E-state index in [0.717, 1.165) is 11.6 Å². The van der Waals surface area contributed by atoms with Crippen molar-refractivity contribution in [1.82, 2.24) is 10.9 Å². The second-order valence-corrected chi connectivity index (χ2v) is 8.25. The average molecular weight is 433 g/mol. The SMILES string of the molecule is CC(C)(C)c1ccc(C(=O)Nc2ccc(C(=O)NNC(=O)c3ccccc3F)cc2)cc1. The van der Waals surface area contributed by atoms with Crippen molar-refractivity contribution < 1.29 is 18.8 Å². The highest BCUT2D eigenvalue weighted by Gasteiger charge is 2.15. The van der Waals surface area contributed by atoms with Crippen molar-refractivity contribution in [2.45, 2.75) is 26.2 Å². The van der Waals surface area contributed by atoms with Crippen LogP contribution in [0.3, 0.4) is 0 Å². The highest BCUT2D eigenvalue weighted by molar-refractivity contribution is 6.04. The zero-order valence-electron chi connectivity index (χ0n) is 18.0. The van der Waals surface area contributed by atoms with Crippen molar-refractivity contribution in [2.24, 2.45) is 0 Å². The largest absolute Gasteiger partial charge is 0.322 e. The zero-order chi connectivity index (χ0) is 23.3. The Morgan fingerprint density at radius 2 is 1.22 bits per heavy atom. The summed E-state index contributed by atoms with van der Waals surface area (Å²) < 4.78 is 13.6. The van der Waals surface area contributed by atoms with Gasteiger partial charge in [0.25, 0.3) is 17.7 Å². The van der Waals surface area contributed by atoms with E-state index in [0.29, 0.717) is 11.3 Å². The van der Waals surface area contributed by atoms with Crippen molar-refractivity contribution in [3.63, 3.8) is 0 Å². The van der Waals surface area contributed by atoms with Gasteiger partial charge in [0.1, 0.15) is 5.82 Å². The molecule has 0 bridgehead atoms. The Kier molecular flexibility index (Phi) is 6.68. The van der Waals surface area contributed by atoms with E-state index >= 15 is 0 Å². The maximum absolute atomic E-state index is 13.6. The van der Waals surface area contributed by atoms with Gasteiger partial charge >= 0.3 is 0 Å². The van der Waals surface area contributed by atoms with Gasteiger partial charge in [-0.2, -0.15) is 0 Å². The van der Waals surface area contributed by atoms with Gasteiger partial charge in [-0.3, -0.25) is 25.2 Å². The molecule has 0 aliphatic carbocycles. The summed E-state index contributed by atoms with van der Waals surface area (Å²) in [7, 11) is 0. The molecule has 3 N–H and O–H groups in total. The van der Waals surface area contributed by atoms with Crippen LogP contribution >= 0.6 is 0 Å². The number of anilines is 1. The van der Waals surface area contributed by atoms with Gasteiger partial charge in [-0.15, -0.1) is 0 Å². The fourth-order valence-corrected chi connectivity index (χ4v) is 2.93. The summed E-state index contributed by atoms with van der Waals surface area (Å²) in [6, 6.07) is 19.0. The first kappa shape index (κ1) is 22.7. The number of hydrazine groups is 1. The lowest BCUT2D eigenvalue weighted by atomic mass is 9.87. The molecular formula is C25H24FN3O3. The quantitative estimate of drug-likeness (QED) is 0.531. The predicted octanol–water partition coefficient (Wildman–Crippen LogP) is 4.45. The Hall–Kier alpha value is -4.00. The van der Waals surface area contributed by atoms with E-state index in [-0.39, 0.29) is 22.4 Å². The van der Waals surface area contributed by atoms with Crippen LogP contribution in [0.25, 0.3) is 0 Å². The number of amides is 3. The molecule has 0 atom stereocenters. The summed E-state index contributed by atoms with van der Waals surface area (Å²) in [5.41, 5.74) is 6.66. The van der Waals surface area contributed by atoms with Crippen LogP contribution in [0.5, 0.6) is 0 Å². The molecule has 0 fully saturated rings. The van der Waals surface area contributed by atoms with Crippen molar-refractivity contribution in [3.05, 3.63) is 101 Å². The number of benzene rings is 3. The number of carbonyl (C=O) groups excluding carboxylic acids is 3. The molecule has 3 rings (SSSR count). The topological polar surface area (TPSA) is 87.3 Å². The molecule has 0 spiro atoms. The molecule has 0 saturated carbocycles. The summed E-state index contributed by atoms with van der Waals surface area (Å²) in [5.74, 6) is -2.30. The van der Waals surface area contributed by atoms with E-state index in [1.165, 1.54) is 30.3 Å². The molecule has 0 unspecified atom stereocenters. The molecular weight excluding hydrogens is 409 g/mol. The highest BCUT2D eigenvalue weighted by atomic mass is 19.1. The van der Waals surface area contributed by atoms with Crippen molar-refractivity contribution in [2.75, 3.05) is 5.32 Å². The van der Waals surface area contributed by atoms with Crippen molar-refractivity contribution >= 4 is 23.4 Å². The van der Waals surface area contributed by atoms with Crippen LogP contribution in [0.2, 0.25) is 0 Å². The number of rotatable bonds is 4. The Morgan fingerprint density at radius 3 is 1.81 bits per heavy atom. The molecule has 0 heterocycles. The van der Waals surface area contributed by atoms with Crippen molar-refractivity contribution in [3.8, 4) is 0 Å². The molecule has 3 amide bonds. The first-order valence-electron chi connectivity index (χ1n) is 10.0. The molecule has 164 valence electrons. The Bertz CT molecular complexity index is 1130. The number of hydrogen-bond donors (Lipinski definition) is 3. The van der Waals surface area contributed by atoms with Gasteiger partial charge in [-0.25, -0.2) is 4.39 Å². The Balaban J connectivity index is 1.57. The molecule has 0 radical (unpaired) electrons. The molecule has 0 aromatic heterocycles. The summed E-state index contributed by atoms with van der Waals surface area (Å²) in [4.78, 5) is 36.7. The third-order valence-corrected chi connectivity index (χ3v) is 4.83. The predicted molar refractivity (Wildman–Crippen MR) is 121 cm³/mol. The monoisotopic (exact) mass is 433 g/mol. The van der Waals surface area contributed by atoms with Gasteiger partial charge in [-0.05, 0) is 59.5 Å². The number of nitrogens with one attached hydrogen (secondary N) is 3. The van der Waals surface area contributed by atoms with E-state index in [2.05, 4.69) is 36.9 Å². The van der Waals surface area contributed by atoms with Crippen LogP contribution in [-0.2, 0) is 5.41 Å². The minimum atomic E-state index is -0.766. The normalized spacial score (nSPS) is 10.9. The van der Waals surface area contributed by atoms with Gasteiger partial charge in [0, 0.05) is 16.8 Å². The van der Waals surface area contributed by atoms with Crippen LogP contribution < -0.4 is 16.2 Å². The summed E-state index contributed by atoms with van der Waals surface area (Å²) in [6.07, 6.45) is 0. The smallest absolute Gasteiger partial charge is 0.272 e. The first-order valence-corrected chi connectivity index (χ1v) is 10.0. The number of hydrogen-bond acceptors (Lipinski definition) is 3. The second kappa shape index (κ2) is 9.43. The van der Waals surface area contributed by atoms with Crippen molar-refractivity contribution in [1.29, 1.82) is 0 Å². The van der Waals surface area contributed by atoms with E-state index in [9.17, 15) is 18.8 Å². The first-order chi connectivity index (χ1) is 15.1. The molecule has 0 aliphatic heterocycles. The maximum atomic E-state index is 13.6. The van der Waals surface area contributed by atoms with Crippen LogP contribution in [0.1, 0.15) is 57.4 Å². The number of carbonyl (C=O) groups is 3. The fraction of sp³-hybridized carbons (Fsp3) is 0.160. The van der Waals surface area contributed by atoms with E-state index in [1.54, 1.807) is 24.3 Å². The Labute approximate surface area is 185 Å². The van der Waals surface area contributed by atoms with Gasteiger partial charge in [0.05, 0.1) is 5.56 Å². The van der Waals surface area contributed by atoms with Gasteiger partial charge in [0.2, 0.25) is 0 Å². The molecule has 3 aromatic rings. The fourth-order valence-electron chi connectivity index (χ4n) is 2.93. The molecule has 7 heteroatoms. The van der Waals surface area contributed by atoms with Crippen LogP contribution in [-0.4, -0.2) is 17.7 Å². The average Bonchev–Trinajstić information content (AvgIpc) is 2.77.